The van der Waals surface area contributed by atoms with Crippen LogP contribution >= 0.6 is 0 Å². The normalized spacial score (nSPS) is 16.6. The molecule has 1 saturated heterocycles. The van der Waals surface area contributed by atoms with Crippen molar-refractivity contribution in [3.63, 3.8) is 0 Å². The summed E-state index contributed by atoms with van der Waals surface area (Å²) in [4.78, 5) is 36.1. The van der Waals surface area contributed by atoms with Gasteiger partial charge < -0.3 is 20.6 Å². The highest BCUT2D eigenvalue weighted by atomic mass is 16.4. The number of carbonyl (C=O) groups is 3. The lowest BCUT2D eigenvalue weighted by atomic mass is 10.1. The van der Waals surface area contributed by atoms with E-state index < -0.39 is 18.0 Å². The quantitative estimate of drug-likeness (QED) is 0.681. The Hall–Kier alpha value is -1.79. The van der Waals surface area contributed by atoms with Gasteiger partial charge in [-0.15, -0.1) is 0 Å². The molecule has 3 N–H and O–H groups in total. The molecule has 0 aromatic carbocycles. The second kappa shape index (κ2) is 7.72. The lowest BCUT2D eigenvalue weighted by Gasteiger charge is -2.27. The number of rotatable bonds is 5. The summed E-state index contributed by atoms with van der Waals surface area (Å²) in [5.41, 5.74) is 0. The number of hydrogen-bond donors (Lipinski definition) is 3. The number of nitrogens with zero attached hydrogens (tertiary/aromatic N) is 1. The molecule has 7 heteroatoms. The van der Waals surface area contributed by atoms with Gasteiger partial charge in [-0.3, -0.25) is 4.79 Å². The first-order valence-electron chi connectivity index (χ1n) is 6.96. The zero-order chi connectivity index (χ0) is 15.1. The first kappa shape index (κ1) is 16.3. The Kier molecular flexibility index (Phi) is 6.27. The SMILES string of the molecule is CC(C)C(NC(=O)NCC(=O)N1CCCCC1)C(=O)O. The Balaban J connectivity index is 2.34. The van der Waals surface area contributed by atoms with Crippen LogP contribution < -0.4 is 10.6 Å². The molecule has 0 aliphatic carbocycles. The first-order chi connectivity index (χ1) is 9.41. The van der Waals surface area contributed by atoms with Crippen molar-refractivity contribution in [3.05, 3.63) is 0 Å². The zero-order valence-corrected chi connectivity index (χ0v) is 12.0. The Morgan fingerprint density at radius 1 is 1.15 bits per heavy atom. The van der Waals surface area contributed by atoms with E-state index in [0.29, 0.717) is 0 Å². The molecule has 1 heterocycles. The average molecular weight is 285 g/mol. The largest absolute Gasteiger partial charge is 0.480 e. The molecule has 0 saturated carbocycles. The van der Waals surface area contributed by atoms with Crippen molar-refractivity contribution in [2.24, 2.45) is 5.92 Å². The van der Waals surface area contributed by atoms with Crippen LogP contribution in [-0.4, -0.2) is 53.6 Å². The molecule has 1 aliphatic heterocycles. The molecule has 0 spiro atoms. The predicted molar refractivity (Wildman–Crippen MR) is 73.2 cm³/mol. The predicted octanol–water partition coefficient (Wildman–Crippen LogP) is 0.407. The summed E-state index contributed by atoms with van der Waals surface area (Å²) in [6.07, 6.45) is 3.12. The van der Waals surface area contributed by atoms with E-state index in [1.54, 1.807) is 18.7 Å². The lowest BCUT2D eigenvalue weighted by molar-refractivity contribution is -0.140. The Morgan fingerprint density at radius 2 is 1.75 bits per heavy atom. The van der Waals surface area contributed by atoms with Gasteiger partial charge in [0.05, 0.1) is 6.54 Å². The van der Waals surface area contributed by atoms with E-state index in [2.05, 4.69) is 10.6 Å². The van der Waals surface area contributed by atoms with Gasteiger partial charge in [-0.05, 0) is 25.2 Å². The van der Waals surface area contributed by atoms with Gasteiger partial charge in [0, 0.05) is 13.1 Å². The fourth-order valence-corrected chi connectivity index (χ4v) is 2.12. The molecule has 0 aromatic heterocycles. The highest BCUT2D eigenvalue weighted by molar-refractivity contribution is 5.86. The van der Waals surface area contributed by atoms with E-state index in [0.717, 1.165) is 32.4 Å². The van der Waals surface area contributed by atoms with Crippen molar-refractivity contribution in [1.82, 2.24) is 15.5 Å². The number of hydrogen-bond acceptors (Lipinski definition) is 3. The molecule has 7 nitrogen and oxygen atoms in total. The minimum absolute atomic E-state index is 0.101. The van der Waals surface area contributed by atoms with E-state index in [1.807, 2.05) is 0 Å². The molecule has 1 fully saturated rings. The molecule has 1 rings (SSSR count). The molecule has 3 amide bonds. The number of nitrogens with one attached hydrogen (secondary N) is 2. The molecule has 1 unspecified atom stereocenters. The standard InChI is InChI=1S/C13H23N3O4/c1-9(2)11(12(18)19)15-13(20)14-8-10(17)16-6-4-3-5-7-16/h9,11H,3-8H2,1-2H3,(H,18,19)(H2,14,15,20). The Labute approximate surface area is 118 Å². The third kappa shape index (κ3) is 5.07. The van der Waals surface area contributed by atoms with E-state index in [9.17, 15) is 14.4 Å². The molecule has 0 radical (unpaired) electrons. The van der Waals surface area contributed by atoms with Crippen LogP contribution in [0.2, 0.25) is 0 Å². The van der Waals surface area contributed by atoms with Crippen molar-refractivity contribution in [3.8, 4) is 0 Å². The van der Waals surface area contributed by atoms with Gasteiger partial charge in [0.2, 0.25) is 5.91 Å². The van der Waals surface area contributed by atoms with E-state index in [1.165, 1.54) is 0 Å². The second-order valence-corrected chi connectivity index (χ2v) is 5.33. The highest BCUT2D eigenvalue weighted by Gasteiger charge is 2.24. The van der Waals surface area contributed by atoms with Crippen molar-refractivity contribution < 1.29 is 19.5 Å². The van der Waals surface area contributed by atoms with E-state index in [4.69, 9.17) is 5.11 Å². The van der Waals surface area contributed by atoms with Gasteiger partial charge in [-0.25, -0.2) is 9.59 Å². The lowest BCUT2D eigenvalue weighted by Crippen LogP contribution is -2.51. The fourth-order valence-electron chi connectivity index (χ4n) is 2.12. The van der Waals surface area contributed by atoms with Crippen LogP contribution in [0.25, 0.3) is 0 Å². The Morgan fingerprint density at radius 3 is 2.25 bits per heavy atom. The number of carboxylic acids is 1. The maximum Gasteiger partial charge on any atom is 0.326 e. The molecule has 20 heavy (non-hydrogen) atoms. The van der Waals surface area contributed by atoms with Crippen molar-refractivity contribution >= 4 is 17.9 Å². The van der Waals surface area contributed by atoms with Crippen LogP contribution in [0.1, 0.15) is 33.1 Å². The van der Waals surface area contributed by atoms with Crippen LogP contribution in [0.4, 0.5) is 4.79 Å². The number of aliphatic carboxylic acids is 1. The zero-order valence-electron chi connectivity index (χ0n) is 12.0. The third-order valence-corrected chi connectivity index (χ3v) is 3.33. The molecular weight excluding hydrogens is 262 g/mol. The summed E-state index contributed by atoms with van der Waals surface area (Å²) in [5, 5.41) is 13.7. The molecule has 1 atom stereocenters. The fraction of sp³-hybridized carbons (Fsp3) is 0.769. The van der Waals surface area contributed by atoms with Crippen molar-refractivity contribution in [2.45, 2.75) is 39.2 Å². The number of urea groups is 1. The Bertz CT molecular complexity index is 365. The molecule has 0 bridgehead atoms. The van der Waals surface area contributed by atoms with Crippen molar-refractivity contribution in [2.75, 3.05) is 19.6 Å². The van der Waals surface area contributed by atoms with E-state index >= 15 is 0 Å². The van der Waals surface area contributed by atoms with Crippen LogP contribution in [0.3, 0.4) is 0 Å². The smallest absolute Gasteiger partial charge is 0.326 e. The topological polar surface area (TPSA) is 98.7 Å². The second-order valence-electron chi connectivity index (χ2n) is 5.33. The van der Waals surface area contributed by atoms with Gasteiger partial charge in [-0.1, -0.05) is 13.8 Å². The monoisotopic (exact) mass is 285 g/mol. The van der Waals surface area contributed by atoms with Crippen LogP contribution in [0.5, 0.6) is 0 Å². The molecule has 0 aromatic rings. The highest BCUT2D eigenvalue weighted by Crippen LogP contribution is 2.08. The van der Waals surface area contributed by atoms with Crippen LogP contribution in [0.15, 0.2) is 0 Å². The minimum atomic E-state index is -1.09. The van der Waals surface area contributed by atoms with Gasteiger partial charge in [0.1, 0.15) is 6.04 Å². The van der Waals surface area contributed by atoms with Gasteiger partial charge in [-0.2, -0.15) is 0 Å². The number of carbonyl (C=O) groups excluding carboxylic acids is 2. The molecular formula is C13H23N3O4. The average Bonchev–Trinajstić information content (AvgIpc) is 2.42. The maximum absolute atomic E-state index is 11.8. The third-order valence-electron chi connectivity index (χ3n) is 3.33. The number of carboxylic acid groups (broad SMARTS) is 1. The number of amides is 3. The van der Waals surface area contributed by atoms with Gasteiger partial charge in [0.15, 0.2) is 0 Å². The van der Waals surface area contributed by atoms with Gasteiger partial charge >= 0.3 is 12.0 Å². The van der Waals surface area contributed by atoms with E-state index in [-0.39, 0.29) is 18.4 Å². The summed E-state index contributed by atoms with van der Waals surface area (Å²) in [5.74, 6) is -1.44. The first-order valence-corrected chi connectivity index (χ1v) is 6.96. The van der Waals surface area contributed by atoms with Crippen LogP contribution in [-0.2, 0) is 9.59 Å². The number of piperidine rings is 1. The molecule has 114 valence electrons. The summed E-state index contributed by atoms with van der Waals surface area (Å²) < 4.78 is 0. The molecule has 1 aliphatic rings. The summed E-state index contributed by atoms with van der Waals surface area (Å²) in [6, 6.07) is -1.59. The van der Waals surface area contributed by atoms with Gasteiger partial charge in [0.25, 0.3) is 0 Å². The minimum Gasteiger partial charge on any atom is -0.480 e. The summed E-state index contributed by atoms with van der Waals surface area (Å²) in [6.45, 7) is 4.77. The summed E-state index contributed by atoms with van der Waals surface area (Å²) >= 11 is 0. The maximum atomic E-state index is 11.8. The summed E-state index contributed by atoms with van der Waals surface area (Å²) in [7, 11) is 0. The van der Waals surface area contributed by atoms with Crippen molar-refractivity contribution in [1.29, 1.82) is 0 Å². The van der Waals surface area contributed by atoms with Crippen LogP contribution in [0, 0.1) is 5.92 Å². The number of likely N-dealkylation sites (tertiary alicyclic amines) is 1.